The van der Waals surface area contributed by atoms with Crippen LogP contribution in [0.15, 0.2) is 48.5 Å². The maximum Gasteiger partial charge on any atom is 0.255 e. The lowest BCUT2D eigenvalue weighted by molar-refractivity contribution is 0.102. The van der Waals surface area contributed by atoms with E-state index in [0.29, 0.717) is 24.1 Å². The smallest absolute Gasteiger partial charge is 0.255 e. The number of amides is 1. The van der Waals surface area contributed by atoms with Crippen molar-refractivity contribution in [3.05, 3.63) is 54.1 Å². The van der Waals surface area contributed by atoms with E-state index in [0.717, 1.165) is 37.5 Å². The molecule has 0 radical (unpaired) electrons. The normalized spacial score (nSPS) is 16.3. The minimum absolute atomic E-state index is 0.119. The second-order valence-electron chi connectivity index (χ2n) is 8.13. The van der Waals surface area contributed by atoms with Crippen LogP contribution in [0.5, 0.6) is 5.75 Å². The van der Waals surface area contributed by atoms with E-state index >= 15 is 0 Å². The number of rotatable bonds is 9. The van der Waals surface area contributed by atoms with Crippen molar-refractivity contribution in [3.63, 3.8) is 0 Å². The number of anilines is 2. The lowest BCUT2D eigenvalue weighted by atomic mass is 10.2. The minimum atomic E-state index is -0.119. The van der Waals surface area contributed by atoms with Crippen molar-refractivity contribution in [1.29, 1.82) is 0 Å². The van der Waals surface area contributed by atoms with Gasteiger partial charge in [0, 0.05) is 42.6 Å². The number of hydrogen-bond acceptors (Lipinski definition) is 5. The van der Waals surface area contributed by atoms with Crippen LogP contribution in [0.4, 0.5) is 11.4 Å². The fraction of sp³-hybridized carbons (Fsp3) is 0.458. The third kappa shape index (κ3) is 5.74. The molecule has 162 valence electrons. The summed E-state index contributed by atoms with van der Waals surface area (Å²) in [4.78, 5) is 14.9. The molecule has 1 aliphatic rings. The average molecular weight is 411 g/mol. The van der Waals surface area contributed by atoms with Crippen LogP contribution in [0, 0.1) is 5.92 Å². The van der Waals surface area contributed by atoms with Crippen molar-refractivity contribution in [3.8, 4) is 5.75 Å². The molecule has 6 nitrogen and oxygen atoms in total. The zero-order chi connectivity index (χ0) is 21.5. The molecule has 2 N–H and O–H groups in total. The van der Waals surface area contributed by atoms with Crippen LogP contribution in [0.2, 0.25) is 0 Å². The Balaban J connectivity index is 1.55. The molecule has 1 heterocycles. The van der Waals surface area contributed by atoms with Gasteiger partial charge in [-0.2, -0.15) is 0 Å². The van der Waals surface area contributed by atoms with Crippen molar-refractivity contribution in [2.24, 2.45) is 5.92 Å². The van der Waals surface area contributed by atoms with Crippen LogP contribution >= 0.6 is 0 Å². The third-order valence-electron chi connectivity index (χ3n) is 5.42. The zero-order valence-corrected chi connectivity index (χ0v) is 18.5. The molecule has 0 saturated carbocycles. The lowest BCUT2D eigenvalue weighted by Gasteiger charge is -2.27. The van der Waals surface area contributed by atoms with Crippen LogP contribution in [-0.4, -0.2) is 50.2 Å². The molecular weight excluding hydrogens is 376 g/mol. The first kappa shape index (κ1) is 22.1. The van der Waals surface area contributed by atoms with Gasteiger partial charge in [-0.25, -0.2) is 5.01 Å². The van der Waals surface area contributed by atoms with E-state index in [1.807, 2.05) is 31.3 Å². The number of nitrogens with one attached hydrogen (secondary N) is 2. The number of nitrogens with zero attached hydrogens (tertiary/aromatic N) is 2. The predicted octanol–water partition coefficient (Wildman–Crippen LogP) is 4.01. The number of carbonyl (C=O) groups excluding carboxylic acids is 1. The molecule has 0 spiro atoms. The Bertz CT molecular complexity index is 801. The Morgan fingerprint density at radius 3 is 2.47 bits per heavy atom. The average Bonchev–Trinajstić information content (AvgIpc) is 3.24. The van der Waals surface area contributed by atoms with Gasteiger partial charge in [0.2, 0.25) is 0 Å². The molecule has 3 rings (SSSR count). The van der Waals surface area contributed by atoms with Gasteiger partial charge >= 0.3 is 0 Å². The summed E-state index contributed by atoms with van der Waals surface area (Å²) < 4.78 is 5.68. The molecule has 1 amide bonds. The zero-order valence-electron chi connectivity index (χ0n) is 18.5. The maximum atomic E-state index is 12.5. The van der Waals surface area contributed by atoms with E-state index in [1.54, 1.807) is 12.1 Å². The summed E-state index contributed by atoms with van der Waals surface area (Å²) in [5.74, 6) is 1.14. The van der Waals surface area contributed by atoms with E-state index in [2.05, 4.69) is 53.6 Å². The fourth-order valence-corrected chi connectivity index (χ4v) is 3.75. The Morgan fingerprint density at radius 2 is 1.87 bits per heavy atom. The van der Waals surface area contributed by atoms with E-state index in [9.17, 15) is 4.79 Å². The summed E-state index contributed by atoms with van der Waals surface area (Å²) in [7, 11) is 1.98. The Hall–Kier alpha value is -2.57. The molecule has 1 unspecified atom stereocenters. The summed E-state index contributed by atoms with van der Waals surface area (Å²) in [6.45, 7) is 10.1. The molecule has 2 aromatic rings. The summed E-state index contributed by atoms with van der Waals surface area (Å²) in [5, 5.41) is 5.26. The largest absolute Gasteiger partial charge is 0.493 e. The lowest BCUT2D eigenvalue weighted by Crippen LogP contribution is -2.44. The van der Waals surface area contributed by atoms with Crippen molar-refractivity contribution in [2.45, 2.75) is 33.2 Å². The van der Waals surface area contributed by atoms with Crippen LogP contribution in [-0.2, 0) is 0 Å². The van der Waals surface area contributed by atoms with Gasteiger partial charge in [0.1, 0.15) is 5.75 Å². The molecule has 0 aliphatic carbocycles. The number of benzene rings is 2. The van der Waals surface area contributed by atoms with Crippen molar-refractivity contribution in [1.82, 2.24) is 10.4 Å². The Morgan fingerprint density at radius 1 is 1.17 bits per heavy atom. The van der Waals surface area contributed by atoms with Gasteiger partial charge in [-0.15, -0.1) is 0 Å². The van der Waals surface area contributed by atoms with E-state index in [4.69, 9.17) is 4.74 Å². The summed E-state index contributed by atoms with van der Waals surface area (Å²) in [6, 6.07) is 15.9. The first-order valence-electron chi connectivity index (χ1n) is 10.8. The second-order valence-corrected chi connectivity index (χ2v) is 8.13. The molecule has 2 aromatic carbocycles. The molecule has 1 fully saturated rings. The van der Waals surface area contributed by atoms with Gasteiger partial charge < -0.3 is 15.0 Å². The highest BCUT2D eigenvalue weighted by molar-refractivity contribution is 6.04. The molecule has 1 atom stereocenters. The van der Waals surface area contributed by atoms with Crippen LogP contribution in [0.1, 0.15) is 37.6 Å². The standard InChI is InChI=1S/C24H34N4O2/c1-5-28(25-4)22-14-15-27(16-22)21-10-8-20(9-11-21)26-24(29)19-6-12-23(13-7-19)30-17-18(2)3/h6-13,18,22,25H,5,14-17H2,1-4H3,(H,26,29). The van der Waals surface area contributed by atoms with Gasteiger partial charge in [0.15, 0.2) is 0 Å². The maximum absolute atomic E-state index is 12.5. The highest BCUT2D eigenvalue weighted by Crippen LogP contribution is 2.24. The van der Waals surface area contributed by atoms with Crippen LogP contribution < -0.4 is 20.4 Å². The number of hydrazine groups is 1. The summed E-state index contributed by atoms with van der Waals surface area (Å²) >= 11 is 0. The number of likely N-dealkylation sites (N-methyl/N-ethyl adjacent to an activating group) is 1. The number of hydrogen-bond donors (Lipinski definition) is 2. The molecule has 0 bridgehead atoms. The van der Waals surface area contributed by atoms with E-state index < -0.39 is 0 Å². The summed E-state index contributed by atoms with van der Waals surface area (Å²) in [5.41, 5.74) is 5.88. The highest BCUT2D eigenvalue weighted by atomic mass is 16.5. The molecule has 1 aliphatic heterocycles. The van der Waals surface area contributed by atoms with Crippen LogP contribution in [0.25, 0.3) is 0 Å². The van der Waals surface area contributed by atoms with Gasteiger partial charge in [0.05, 0.1) is 6.61 Å². The quantitative estimate of drug-likeness (QED) is 0.612. The molecular formula is C24H34N4O2. The van der Waals surface area contributed by atoms with Crippen molar-refractivity contribution >= 4 is 17.3 Å². The Labute approximate surface area is 180 Å². The van der Waals surface area contributed by atoms with Crippen molar-refractivity contribution in [2.75, 3.05) is 43.5 Å². The second kappa shape index (κ2) is 10.5. The van der Waals surface area contributed by atoms with Gasteiger partial charge in [-0.1, -0.05) is 20.8 Å². The molecule has 1 saturated heterocycles. The first-order valence-corrected chi connectivity index (χ1v) is 10.8. The van der Waals surface area contributed by atoms with Crippen LogP contribution in [0.3, 0.4) is 0 Å². The SMILES string of the molecule is CCN(NC)C1CCN(c2ccc(NC(=O)c3ccc(OCC(C)C)cc3)cc2)C1. The molecule has 0 aromatic heterocycles. The summed E-state index contributed by atoms with van der Waals surface area (Å²) in [6.07, 6.45) is 1.14. The van der Waals surface area contributed by atoms with Gasteiger partial charge in [-0.3, -0.25) is 10.2 Å². The van der Waals surface area contributed by atoms with E-state index in [-0.39, 0.29) is 5.91 Å². The fourth-order valence-electron chi connectivity index (χ4n) is 3.75. The van der Waals surface area contributed by atoms with Crippen molar-refractivity contribution < 1.29 is 9.53 Å². The highest BCUT2D eigenvalue weighted by Gasteiger charge is 2.26. The number of carbonyl (C=O) groups is 1. The predicted molar refractivity (Wildman–Crippen MR) is 123 cm³/mol. The Kier molecular flexibility index (Phi) is 7.71. The molecule has 6 heteroatoms. The van der Waals surface area contributed by atoms with Gasteiger partial charge in [-0.05, 0) is 67.9 Å². The monoisotopic (exact) mass is 410 g/mol. The molecule has 30 heavy (non-hydrogen) atoms. The van der Waals surface area contributed by atoms with E-state index in [1.165, 1.54) is 5.69 Å². The van der Waals surface area contributed by atoms with Gasteiger partial charge in [0.25, 0.3) is 5.91 Å². The first-order chi connectivity index (χ1) is 14.5. The minimum Gasteiger partial charge on any atom is -0.493 e. The third-order valence-corrected chi connectivity index (χ3v) is 5.42. The number of ether oxygens (including phenoxy) is 1. The topological polar surface area (TPSA) is 56.8 Å².